The SMILES string of the molecule is COC(=O)C1Cc2ccccc2N1C(=O)c1ccc(C)nc1C. The van der Waals surface area contributed by atoms with Gasteiger partial charge in [0.05, 0.1) is 18.4 Å². The number of amides is 1. The molecule has 0 N–H and O–H groups in total. The van der Waals surface area contributed by atoms with Crippen molar-refractivity contribution >= 4 is 17.6 Å². The van der Waals surface area contributed by atoms with Gasteiger partial charge in [-0.15, -0.1) is 0 Å². The maximum atomic E-state index is 13.1. The number of hydrogen-bond acceptors (Lipinski definition) is 4. The molecule has 1 amide bonds. The van der Waals surface area contributed by atoms with Gasteiger partial charge in [0, 0.05) is 17.8 Å². The molecule has 1 aromatic heterocycles. The number of ether oxygens (including phenoxy) is 1. The predicted molar refractivity (Wildman–Crippen MR) is 86.5 cm³/mol. The van der Waals surface area contributed by atoms with Crippen LogP contribution in [-0.2, 0) is 16.0 Å². The molecule has 2 aromatic rings. The number of rotatable bonds is 2. The summed E-state index contributed by atoms with van der Waals surface area (Å²) in [6.07, 6.45) is 0.465. The lowest BCUT2D eigenvalue weighted by atomic mass is 10.1. The lowest BCUT2D eigenvalue weighted by Crippen LogP contribution is -2.43. The summed E-state index contributed by atoms with van der Waals surface area (Å²) in [4.78, 5) is 31.1. The molecule has 0 aliphatic carbocycles. The Morgan fingerprint density at radius 3 is 2.61 bits per heavy atom. The number of aromatic nitrogens is 1. The Kier molecular flexibility index (Phi) is 3.86. The maximum Gasteiger partial charge on any atom is 0.329 e. The molecule has 1 aliphatic rings. The fraction of sp³-hybridized carbons (Fsp3) is 0.278. The molecule has 1 aromatic carbocycles. The zero-order valence-corrected chi connectivity index (χ0v) is 13.4. The highest BCUT2D eigenvalue weighted by Gasteiger charge is 2.39. The molecule has 23 heavy (non-hydrogen) atoms. The number of nitrogens with zero attached hydrogens (tertiary/aromatic N) is 2. The number of esters is 1. The number of methoxy groups -OCH3 is 1. The Morgan fingerprint density at radius 2 is 1.91 bits per heavy atom. The van der Waals surface area contributed by atoms with Crippen molar-refractivity contribution in [2.45, 2.75) is 26.3 Å². The molecule has 1 atom stereocenters. The van der Waals surface area contributed by atoms with E-state index >= 15 is 0 Å². The number of anilines is 1. The second-order valence-corrected chi connectivity index (χ2v) is 5.63. The van der Waals surface area contributed by atoms with Crippen LogP contribution in [-0.4, -0.2) is 30.0 Å². The van der Waals surface area contributed by atoms with Gasteiger partial charge < -0.3 is 4.74 Å². The highest BCUT2D eigenvalue weighted by molar-refractivity contribution is 6.11. The third kappa shape index (κ3) is 2.59. The second kappa shape index (κ2) is 5.83. The second-order valence-electron chi connectivity index (χ2n) is 5.63. The van der Waals surface area contributed by atoms with E-state index < -0.39 is 12.0 Å². The Hall–Kier alpha value is -2.69. The molecule has 0 fully saturated rings. The minimum atomic E-state index is -0.634. The van der Waals surface area contributed by atoms with Crippen LogP contribution >= 0.6 is 0 Å². The van der Waals surface area contributed by atoms with Crippen LogP contribution in [0, 0.1) is 13.8 Å². The first-order valence-electron chi connectivity index (χ1n) is 7.46. The molecular weight excluding hydrogens is 292 g/mol. The standard InChI is InChI=1S/C18H18N2O3/c1-11-8-9-14(12(2)19-11)17(21)20-15-7-5-4-6-13(15)10-16(20)18(22)23-3/h4-9,16H,10H2,1-3H3. The molecular formula is C18H18N2O3. The Bertz CT molecular complexity index is 786. The number of para-hydroxylation sites is 1. The quantitative estimate of drug-likeness (QED) is 0.799. The van der Waals surface area contributed by atoms with Crippen LogP contribution in [0.2, 0.25) is 0 Å². The lowest BCUT2D eigenvalue weighted by molar-refractivity contribution is -0.141. The van der Waals surface area contributed by atoms with Crippen molar-refractivity contribution in [2.24, 2.45) is 0 Å². The molecule has 118 valence electrons. The van der Waals surface area contributed by atoms with Crippen LogP contribution in [0.15, 0.2) is 36.4 Å². The zero-order chi connectivity index (χ0) is 16.6. The molecule has 2 heterocycles. The van der Waals surface area contributed by atoms with E-state index in [0.717, 1.165) is 16.9 Å². The van der Waals surface area contributed by atoms with Crippen LogP contribution in [0.25, 0.3) is 0 Å². The lowest BCUT2D eigenvalue weighted by Gasteiger charge is -2.24. The van der Waals surface area contributed by atoms with Gasteiger partial charge in [-0.25, -0.2) is 4.79 Å². The van der Waals surface area contributed by atoms with Gasteiger partial charge >= 0.3 is 5.97 Å². The van der Waals surface area contributed by atoms with Crippen molar-refractivity contribution in [3.05, 3.63) is 58.9 Å². The van der Waals surface area contributed by atoms with Crippen molar-refractivity contribution in [2.75, 3.05) is 12.0 Å². The Balaban J connectivity index is 2.06. The molecule has 5 heteroatoms. The maximum absolute atomic E-state index is 13.1. The average Bonchev–Trinajstić information content (AvgIpc) is 2.93. The van der Waals surface area contributed by atoms with E-state index in [1.165, 1.54) is 12.0 Å². The summed E-state index contributed by atoms with van der Waals surface area (Å²) >= 11 is 0. The summed E-state index contributed by atoms with van der Waals surface area (Å²) in [6, 6.07) is 10.5. The number of fused-ring (bicyclic) bond motifs is 1. The monoisotopic (exact) mass is 310 g/mol. The summed E-state index contributed by atoms with van der Waals surface area (Å²) in [5.74, 6) is -0.636. The van der Waals surface area contributed by atoms with Gasteiger partial charge in [0.25, 0.3) is 5.91 Å². The van der Waals surface area contributed by atoms with Gasteiger partial charge in [0.1, 0.15) is 6.04 Å². The molecule has 0 radical (unpaired) electrons. The van der Waals surface area contributed by atoms with Gasteiger partial charge in [0.2, 0.25) is 0 Å². The average molecular weight is 310 g/mol. The fourth-order valence-corrected chi connectivity index (χ4v) is 3.00. The van der Waals surface area contributed by atoms with Gasteiger partial charge in [-0.3, -0.25) is 14.7 Å². The molecule has 0 bridgehead atoms. The molecule has 0 saturated heterocycles. The number of benzene rings is 1. The first kappa shape index (κ1) is 15.2. The van der Waals surface area contributed by atoms with E-state index in [1.807, 2.05) is 31.2 Å². The molecule has 1 unspecified atom stereocenters. The minimum Gasteiger partial charge on any atom is -0.467 e. The van der Waals surface area contributed by atoms with Gasteiger partial charge in [-0.1, -0.05) is 18.2 Å². The minimum absolute atomic E-state index is 0.227. The van der Waals surface area contributed by atoms with E-state index in [-0.39, 0.29) is 5.91 Å². The van der Waals surface area contributed by atoms with Crippen molar-refractivity contribution < 1.29 is 14.3 Å². The van der Waals surface area contributed by atoms with E-state index in [9.17, 15) is 9.59 Å². The summed E-state index contributed by atoms with van der Waals surface area (Å²) in [6.45, 7) is 3.68. The Morgan fingerprint density at radius 1 is 1.17 bits per heavy atom. The van der Waals surface area contributed by atoms with Gasteiger partial charge in [-0.05, 0) is 37.6 Å². The normalized spacial score (nSPS) is 16.1. The van der Waals surface area contributed by atoms with Crippen molar-refractivity contribution in [3.8, 4) is 0 Å². The van der Waals surface area contributed by atoms with Crippen LogP contribution in [0.4, 0.5) is 5.69 Å². The van der Waals surface area contributed by atoms with Crippen LogP contribution < -0.4 is 4.90 Å². The molecule has 3 rings (SSSR count). The molecule has 1 aliphatic heterocycles. The van der Waals surface area contributed by atoms with E-state index in [0.29, 0.717) is 17.7 Å². The van der Waals surface area contributed by atoms with Crippen LogP contribution in [0.3, 0.4) is 0 Å². The third-order valence-electron chi connectivity index (χ3n) is 4.12. The summed E-state index contributed by atoms with van der Waals surface area (Å²) in [5, 5.41) is 0. The summed E-state index contributed by atoms with van der Waals surface area (Å²) in [7, 11) is 1.34. The molecule has 0 saturated carbocycles. The number of aryl methyl sites for hydroxylation is 2. The van der Waals surface area contributed by atoms with E-state index in [4.69, 9.17) is 4.74 Å². The Labute approximate surface area is 134 Å². The number of hydrogen-bond donors (Lipinski definition) is 0. The van der Waals surface area contributed by atoms with Crippen LogP contribution in [0.5, 0.6) is 0 Å². The topological polar surface area (TPSA) is 59.5 Å². The first-order valence-corrected chi connectivity index (χ1v) is 7.46. The highest BCUT2D eigenvalue weighted by atomic mass is 16.5. The predicted octanol–water partition coefficient (Wildman–Crippen LogP) is 2.44. The van der Waals surface area contributed by atoms with E-state index in [2.05, 4.69) is 4.98 Å². The van der Waals surface area contributed by atoms with E-state index in [1.54, 1.807) is 19.1 Å². The van der Waals surface area contributed by atoms with Crippen molar-refractivity contribution in [3.63, 3.8) is 0 Å². The first-order chi connectivity index (χ1) is 11.0. The van der Waals surface area contributed by atoms with Crippen molar-refractivity contribution in [1.29, 1.82) is 0 Å². The highest BCUT2D eigenvalue weighted by Crippen LogP contribution is 2.34. The number of pyridine rings is 1. The number of carbonyl (C=O) groups is 2. The third-order valence-corrected chi connectivity index (χ3v) is 4.12. The largest absolute Gasteiger partial charge is 0.467 e. The van der Waals surface area contributed by atoms with Crippen molar-refractivity contribution in [1.82, 2.24) is 4.98 Å². The van der Waals surface area contributed by atoms with Gasteiger partial charge in [0.15, 0.2) is 0 Å². The summed E-state index contributed by atoms with van der Waals surface area (Å²) < 4.78 is 4.88. The smallest absolute Gasteiger partial charge is 0.329 e. The molecule has 0 spiro atoms. The fourth-order valence-electron chi connectivity index (χ4n) is 3.00. The molecule has 5 nitrogen and oxygen atoms in total. The van der Waals surface area contributed by atoms with Gasteiger partial charge in [-0.2, -0.15) is 0 Å². The zero-order valence-electron chi connectivity index (χ0n) is 13.4. The van der Waals surface area contributed by atoms with Crippen LogP contribution in [0.1, 0.15) is 27.3 Å². The summed E-state index contributed by atoms with van der Waals surface area (Å²) in [5.41, 5.74) is 3.73. The number of carbonyl (C=O) groups excluding carboxylic acids is 2.